The highest BCUT2D eigenvalue weighted by atomic mass is 32.1. The van der Waals surface area contributed by atoms with Gasteiger partial charge in [-0.05, 0) is 29.8 Å². The second-order valence-electron chi connectivity index (χ2n) is 3.41. The first kappa shape index (κ1) is 11.7. The Morgan fingerprint density at radius 1 is 1.29 bits per heavy atom. The average Bonchev–Trinajstić information content (AvgIpc) is 2.84. The number of rotatable bonds is 5. The first-order valence-corrected chi connectivity index (χ1v) is 5.94. The summed E-state index contributed by atoms with van der Waals surface area (Å²) in [5.41, 5.74) is 1.03. The van der Waals surface area contributed by atoms with Crippen LogP contribution in [-0.2, 0) is 6.61 Å². The van der Waals surface area contributed by atoms with Gasteiger partial charge in [0.25, 0.3) is 0 Å². The first-order chi connectivity index (χ1) is 8.31. The van der Waals surface area contributed by atoms with Gasteiger partial charge < -0.3 is 9.47 Å². The van der Waals surface area contributed by atoms with E-state index < -0.39 is 0 Å². The summed E-state index contributed by atoms with van der Waals surface area (Å²) in [5, 5.41) is 0.745. The van der Waals surface area contributed by atoms with Crippen LogP contribution in [0.3, 0.4) is 0 Å². The molecular formula is C13H12O3S. The number of carbonyl (C=O) groups excluding carboxylic acids is 1. The maximum atomic E-state index is 10.5. The van der Waals surface area contributed by atoms with Crippen LogP contribution >= 0.6 is 11.3 Å². The topological polar surface area (TPSA) is 35.5 Å². The van der Waals surface area contributed by atoms with Crippen LogP contribution < -0.4 is 9.47 Å². The van der Waals surface area contributed by atoms with Gasteiger partial charge in [-0.1, -0.05) is 23.5 Å². The summed E-state index contributed by atoms with van der Waals surface area (Å²) in [6.07, 6.45) is 0.822. The van der Waals surface area contributed by atoms with Crippen molar-refractivity contribution in [2.45, 2.75) is 6.61 Å². The standard InChI is InChI=1S/C13H12O3S/c1-15-11-4-2-3-10(7-11)9-16-13-6-5-12(8-14)17-13/h2-8H,9H2,1H3. The third-order valence-corrected chi connectivity index (χ3v) is 3.16. The number of thiophene rings is 1. The van der Waals surface area contributed by atoms with Crippen LogP contribution in [0.4, 0.5) is 0 Å². The molecule has 0 saturated heterocycles. The van der Waals surface area contributed by atoms with Gasteiger partial charge in [0.05, 0.1) is 12.0 Å². The molecule has 0 amide bonds. The lowest BCUT2D eigenvalue weighted by Gasteiger charge is -2.05. The predicted molar refractivity (Wildman–Crippen MR) is 67.0 cm³/mol. The van der Waals surface area contributed by atoms with Gasteiger partial charge in [0.2, 0.25) is 0 Å². The molecule has 1 aromatic heterocycles. The van der Waals surface area contributed by atoms with Crippen molar-refractivity contribution in [2.75, 3.05) is 7.11 Å². The van der Waals surface area contributed by atoms with Crippen LogP contribution in [-0.4, -0.2) is 13.4 Å². The van der Waals surface area contributed by atoms with E-state index in [0.29, 0.717) is 11.5 Å². The van der Waals surface area contributed by atoms with E-state index >= 15 is 0 Å². The molecule has 0 aliphatic heterocycles. The van der Waals surface area contributed by atoms with Crippen molar-refractivity contribution in [3.8, 4) is 10.8 Å². The molecule has 1 aromatic carbocycles. The number of carbonyl (C=O) groups is 1. The summed E-state index contributed by atoms with van der Waals surface area (Å²) in [6, 6.07) is 11.3. The van der Waals surface area contributed by atoms with E-state index in [1.165, 1.54) is 11.3 Å². The molecule has 17 heavy (non-hydrogen) atoms. The summed E-state index contributed by atoms with van der Waals surface area (Å²) >= 11 is 1.34. The highest BCUT2D eigenvalue weighted by molar-refractivity contribution is 7.15. The lowest BCUT2D eigenvalue weighted by molar-refractivity contribution is 0.112. The molecule has 4 heteroatoms. The molecule has 0 radical (unpaired) electrons. The van der Waals surface area contributed by atoms with Crippen LogP contribution in [0, 0.1) is 0 Å². The molecule has 0 aliphatic carbocycles. The molecule has 88 valence electrons. The van der Waals surface area contributed by atoms with E-state index in [2.05, 4.69) is 0 Å². The van der Waals surface area contributed by atoms with E-state index in [0.717, 1.165) is 22.7 Å². The number of hydrogen-bond acceptors (Lipinski definition) is 4. The largest absolute Gasteiger partial charge is 0.497 e. The van der Waals surface area contributed by atoms with Crippen LogP contribution in [0.2, 0.25) is 0 Å². The maximum absolute atomic E-state index is 10.5. The highest BCUT2D eigenvalue weighted by Gasteiger charge is 2.01. The van der Waals surface area contributed by atoms with Gasteiger partial charge in [-0.15, -0.1) is 0 Å². The molecule has 0 N–H and O–H groups in total. The van der Waals surface area contributed by atoms with Crippen molar-refractivity contribution >= 4 is 17.6 Å². The fourth-order valence-electron chi connectivity index (χ4n) is 1.39. The smallest absolute Gasteiger partial charge is 0.174 e. The summed E-state index contributed by atoms with van der Waals surface area (Å²) < 4.78 is 10.7. The predicted octanol–water partition coefficient (Wildman–Crippen LogP) is 3.15. The number of methoxy groups -OCH3 is 1. The molecule has 0 fully saturated rings. The Hall–Kier alpha value is -1.81. The fourth-order valence-corrected chi connectivity index (χ4v) is 2.06. The highest BCUT2D eigenvalue weighted by Crippen LogP contribution is 2.24. The van der Waals surface area contributed by atoms with Crippen molar-refractivity contribution in [3.05, 3.63) is 46.8 Å². The zero-order valence-corrected chi connectivity index (χ0v) is 10.2. The van der Waals surface area contributed by atoms with E-state index in [9.17, 15) is 4.79 Å². The van der Waals surface area contributed by atoms with Crippen LogP contribution in [0.5, 0.6) is 10.8 Å². The van der Waals surface area contributed by atoms with Crippen LogP contribution in [0.1, 0.15) is 15.2 Å². The number of ether oxygens (including phenoxy) is 2. The van der Waals surface area contributed by atoms with E-state index in [-0.39, 0.29) is 0 Å². The lowest BCUT2D eigenvalue weighted by atomic mass is 10.2. The quantitative estimate of drug-likeness (QED) is 0.762. The molecule has 0 spiro atoms. The van der Waals surface area contributed by atoms with Gasteiger partial charge >= 0.3 is 0 Å². The third kappa shape index (κ3) is 3.07. The minimum absolute atomic E-state index is 0.468. The molecule has 0 aliphatic rings. The van der Waals surface area contributed by atoms with Crippen LogP contribution in [0.15, 0.2) is 36.4 Å². The van der Waals surface area contributed by atoms with Crippen LogP contribution in [0.25, 0.3) is 0 Å². The van der Waals surface area contributed by atoms with Gasteiger partial charge in [-0.3, -0.25) is 4.79 Å². The van der Waals surface area contributed by atoms with Gasteiger partial charge in [0.15, 0.2) is 11.3 Å². The number of hydrogen-bond donors (Lipinski definition) is 0. The number of aldehydes is 1. The summed E-state index contributed by atoms with van der Waals surface area (Å²) in [7, 11) is 1.63. The molecular weight excluding hydrogens is 236 g/mol. The Kier molecular flexibility index (Phi) is 3.77. The minimum atomic E-state index is 0.468. The Labute approximate surface area is 104 Å². The molecule has 3 nitrogen and oxygen atoms in total. The van der Waals surface area contributed by atoms with Crippen molar-refractivity contribution in [1.29, 1.82) is 0 Å². The van der Waals surface area contributed by atoms with Crippen molar-refractivity contribution < 1.29 is 14.3 Å². The monoisotopic (exact) mass is 248 g/mol. The Morgan fingerprint density at radius 2 is 2.18 bits per heavy atom. The molecule has 1 heterocycles. The zero-order chi connectivity index (χ0) is 12.1. The van der Waals surface area contributed by atoms with E-state index in [4.69, 9.17) is 9.47 Å². The summed E-state index contributed by atoms with van der Waals surface area (Å²) in [5.74, 6) is 0.811. The van der Waals surface area contributed by atoms with Crippen molar-refractivity contribution in [1.82, 2.24) is 0 Å². The third-order valence-electron chi connectivity index (χ3n) is 2.23. The Balaban J connectivity index is 1.99. The second-order valence-corrected chi connectivity index (χ2v) is 4.49. The van der Waals surface area contributed by atoms with E-state index in [1.807, 2.05) is 24.3 Å². The Bertz CT molecular complexity index is 505. The maximum Gasteiger partial charge on any atom is 0.174 e. The molecule has 0 unspecified atom stereocenters. The molecule has 2 rings (SSSR count). The number of benzene rings is 1. The Morgan fingerprint density at radius 3 is 2.88 bits per heavy atom. The lowest BCUT2D eigenvalue weighted by Crippen LogP contribution is -1.94. The SMILES string of the molecule is COc1cccc(COc2ccc(C=O)s2)c1. The molecule has 0 saturated carbocycles. The average molecular weight is 248 g/mol. The van der Waals surface area contributed by atoms with E-state index in [1.54, 1.807) is 19.2 Å². The van der Waals surface area contributed by atoms with Gasteiger partial charge in [-0.25, -0.2) is 0 Å². The molecule has 0 atom stereocenters. The normalized spacial score (nSPS) is 9.94. The van der Waals surface area contributed by atoms with Crippen molar-refractivity contribution in [2.24, 2.45) is 0 Å². The minimum Gasteiger partial charge on any atom is -0.497 e. The summed E-state index contributed by atoms with van der Waals surface area (Å²) in [4.78, 5) is 11.2. The van der Waals surface area contributed by atoms with Gasteiger partial charge in [0.1, 0.15) is 12.4 Å². The first-order valence-electron chi connectivity index (χ1n) is 5.12. The molecule has 0 bridgehead atoms. The zero-order valence-electron chi connectivity index (χ0n) is 9.38. The van der Waals surface area contributed by atoms with Gasteiger partial charge in [-0.2, -0.15) is 0 Å². The van der Waals surface area contributed by atoms with Gasteiger partial charge in [0, 0.05) is 0 Å². The van der Waals surface area contributed by atoms with Crippen molar-refractivity contribution in [3.63, 3.8) is 0 Å². The second kappa shape index (κ2) is 5.50. The summed E-state index contributed by atoms with van der Waals surface area (Å²) in [6.45, 7) is 0.468. The fraction of sp³-hybridized carbons (Fsp3) is 0.154. The molecule has 2 aromatic rings.